The minimum Gasteiger partial charge on any atom is -0.451 e. The number of primary amides is 1. The number of fused-ring (bicyclic) bond motifs is 1. The second-order valence-electron chi connectivity index (χ2n) is 7.77. The molecule has 2 aromatic heterocycles. The van der Waals surface area contributed by atoms with E-state index in [1.54, 1.807) is 12.1 Å². The van der Waals surface area contributed by atoms with Crippen molar-refractivity contribution in [2.24, 2.45) is 11.7 Å². The van der Waals surface area contributed by atoms with Crippen LogP contribution in [0.2, 0.25) is 0 Å². The van der Waals surface area contributed by atoms with Crippen LogP contribution in [-0.4, -0.2) is 21.9 Å². The molecule has 0 spiro atoms. The summed E-state index contributed by atoms with van der Waals surface area (Å²) in [6.07, 6.45) is 2.61. The Morgan fingerprint density at radius 2 is 2.03 bits per heavy atom. The molecular formula is C22H20N4O5S2. The summed E-state index contributed by atoms with van der Waals surface area (Å²) in [5, 5.41) is 17.2. The molecule has 1 aliphatic carbocycles. The zero-order chi connectivity index (χ0) is 23.7. The van der Waals surface area contributed by atoms with Crippen LogP contribution < -0.4 is 16.4 Å². The van der Waals surface area contributed by atoms with Gasteiger partial charge in [-0.05, 0) is 61.2 Å². The fraction of sp³-hybridized carbons (Fsp3) is 0.227. The van der Waals surface area contributed by atoms with E-state index in [0.29, 0.717) is 16.5 Å². The van der Waals surface area contributed by atoms with Crippen molar-refractivity contribution in [3.05, 3.63) is 68.3 Å². The third-order valence-electron chi connectivity index (χ3n) is 5.41. The summed E-state index contributed by atoms with van der Waals surface area (Å²) in [7, 11) is 0. The predicted molar refractivity (Wildman–Crippen MR) is 129 cm³/mol. The average molecular weight is 485 g/mol. The molecule has 11 heteroatoms. The fourth-order valence-corrected chi connectivity index (χ4v) is 5.52. The van der Waals surface area contributed by atoms with Gasteiger partial charge in [0.2, 0.25) is 0 Å². The largest absolute Gasteiger partial charge is 0.451 e. The molecule has 0 radical (unpaired) electrons. The molecule has 0 saturated heterocycles. The van der Waals surface area contributed by atoms with Crippen LogP contribution in [0, 0.1) is 16.0 Å². The number of anilines is 1. The number of nitro benzene ring substituents is 1. The molecular weight excluding hydrogens is 464 g/mol. The molecule has 2 heterocycles. The minimum atomic E-state index is -0.632. The number of thiocarbonyl (C=S) groups is 1. The van der Waals surface area contributed by atoms with Crippen molar-refractivity contribution in [2.45, 2.75) is 26.2 Å². The van der Waals surface area contributed by atoms with Crippen molar-refractivity contribution in [3.63, 3.8) is 0 Å². The molecule has 3 aromatic rings. The van der Waals surface area contributed by atoms with Crippen LogP contribution in [-0.2, 0) is 12.8 Å². The number of rotatable bonds is 5. The Hall–Kier alpha value is -3.57. The number of para-hydroxylation sites is 1. The lowest BCUT2D eigenvalue weighted by atomic mass is 9.88. The quantitative estimate of drug-likeness (QED) is 0.279. The SMILES string of the molecule is C[C@H]1CCc2c(sc(NC(=S)NC(=O)c3ccc(-c4ccccc4[N+](=O)[O-])o3)c2C(N)=O)C1. The van der Waals surface area contributed by atoms with Crippen LogP contribution in [0.3, 0.4) is 0 Å². The summed E-state index contributed by atoms with van der Waals surface area (Å²) >= 11 is 6.67. The van der Waals surface area contributed by atoms with Gasteiger partial charge in [0.25, 0.3) is 17.5 Å². The zero-order valence-corrected chi connectivity index (χ0v) is 19.2. The lowest BCUT2D eigenvalue weighted by molar-refractivity contribution is -0.384. The van der Waals surface area contributed by atoms with E-state index in [1.165, 1.54) is 35.6 Å². The van der Waals surface area contributed by atoms with Gasteiger partial charge in [-0.15, -0.1) is 11.3 Å². The van der Waals surface area contributed by atoms with Crippen LogP contribution >= 0.6 is 23.6 Å². The van der Waals surface area contributed by atoms with E-state index in [1.807, 2.05) is 0 Å². The number of nitrogens with zero attached hydrogens (tertiary/aromatic N) is 1. The van der Waals surface area contributed by atoms with Gasteiger partial charge in [0.05, 0.1) is 16.1 Å². The van der Waals surface area contributed by atoms with Gasteiger partial charge in [0.1, 0.15) is 10.8 Å². The maximum absolute atomic E-state index is 12.6. The summed E-state index contributed by atoms with van der Waals surface area (Å²) in [6.45, 7) is 2.16. The first-order valence-electron chi connectivity index (χ1n) is 10.1. The molecule has 0 saturated carbocycles. The van der Waals surface area contributed by atoms with Crippen LogP contribution in [0.1, 0.15) is 44.7 Å². The second kappa shape index (κ2) is 9.12. The normalized spacial score (nSPS) is 14.9. The van der Waals surface area contributed by atoms with E-state index in [0.717, 1.165) is 29.7 Å². The third-order valence-corrected chi connectivity index (χ3v) is 6.78. The van der Waals surface area contributed by atoms with Crippen molar-refractivity contribution in [3.8, 4) is 11.3 Å². The standard InChI is InChI=1S/C22H20N4O5S2/c1-11-6-7-13-17(10-11)33-21(18(13)19(23)27)25-22(32)24-20(28)16-9-8-15(31-16)12-4-2-3-5-14(12)26(29)30/h2-5,8-9,11H,6-7,10H2,1H3,(H2,23,27)(H2,24,25,28,32)/t11-/m0/s1. The number of carbonyl (C=O) groups is 2. The number of nitro groups is 1. The highest BCUT2D eigenvalue weighted by Gasteiger charge is 2.27. The van der Waals surface area contributed by atoms with Gasteiger partial charge in [-0.2, -0.15) is 0 Å². The summed E-state index contributed by atoms with van der Waals surface area (Å²) < 4.78 is 5.54. The van der Waals surface area contributed by atoms with Crippen molar-refractivity contribution in [2.75, 3.05) is 5.32 Å². The molecule has 4 rings (SSSR count). The van der Waals surface area contributed by atoms with Crippen LogP contribution in [0.15, 0.2) is 40.8 Å². The van der Waals surface area contributed by atoms with E-state index in [-0.39, 0.29) is 27.9 Å². The Morgan fingerprint density at radius 1 is 1.27 bits per heavy atom. The van der Waals surface area contributed by atoms with E-state index in [4.69, 9.17) is 22.4 Å². The van der Waals surface area contributed by atoms with Crippen molar-refractivity contribution >= 4 is 51.2 Å². The predicted octanol–water partition coefficient (Wildman–Crippen LogP) is 4.27. The molecule has 1 atom stereocenters. The molecule has 1 aliphatic rings. The molecule has 1 aromatic carbocycles. The lowest BCUT2D eigenvalue weighted by Gasteiger charge is -2.18. The number of nitrogens with one attached hydrogen (secondary N) is 2. The van der Waals surface area contributed by atoms with Gasteiger partial charge in [-0.25, -0.2) is 0 Å². The van der Waals surface area contributed by atoms with E-state index < -0.39 is 16.7 Å². The smallest absolute Gasteiger partial charge is 0.293 e. The fourth-order valence-electron chi connectivity index (χ4n) is 3.84. The molecule has 0 aliphatic heterocycles. The maximum Gasteiger partial charge on any atom is 0.293 e. The first-order chi connectivity index (χ1) is 15.7. The van der Waals surface area contributed by atoms with Gasteiger partial charge >= 0.3 is 0 Å². The van der Waals surface area contributed by atoms with Gasteiger partial charge in [-0.3, -0.25) is 25.0 Å². The lowest BCUT2D eigenvalue weighted by Crippen LogP contribution is -2.34. The zero-order valence-electron chi connectivity index (χ0n) is 17.5. The van der Waals surface area contributed by atoms with Gasteiger partial charge in [0.15, 0.2) is 10.9 Å². The van der Waals surface area contributed by atoms with Crippen LogP contribution in [0.25, 0.3) is 11.3 Å². The highest BCUT2D eigenvalue weighted by molar-refractivity contribution is 7.80. The first kappa shape index (κ1) is 22.6. The number of carbonyl (C=O) groups excluding carboxylic acids is 2. The minimum absolute atomic E-state index is 0.0159. The summed E-state index contributed by atoms with van der Waals surface area (Å²) in [5.41, 5.74) is 7.09. The Morgan fingerprint density at radius 3 is 2.76 bits per heavy atom. The third kappa shape index (κ3) is 4.64. The Balaban J connectivity index is 1.49. The number of amides is 2. The van der Waals surface area contributed by atoms with Crippen molar-refractivity contribution in [1.29, 1.82) is 0 Å². The van der Waals surface area contributed by atoms with Crippen LogP contribution in [0.4, 0.5) is 10.7 Å². The van der Waals surface area contributed by atoms with Gasteiger partial charge in [0, 0.05) is 10.9 Å². The van der Waals surface area contributed by atoms with Crippen molar-refractivity contribution in [1.82, 2.24) is 5.32 Å². The van der Waals surface area contributed by atoms with Crippen LogP contribution in [0.5, 0.6) is 0 Å². The average Bonchev–Trinajstić information content (AvgIpc) is 3.38. The molecule has 2 amide bonds. The van der Waals surface area contributed by atoms with E-state index >= 15 is 0 Å². The van der Waals surface area contributed by atoms with Crippen molar-refractivity contribution < 1.29 is 18.9 Å². The van der Waals surface area contributed by atoms with E-state index in [9.17, 15) is 19.7 Å². The molecule has 170 valence electrons. The highest BCUT2D eigenvalue weighted by atomic mass is 32.1. The summed E-state index contributed by atoms with van der Waals surface area (Å²) in [5.74, 6) is -0.541. The van der Waals surface area contributed by atoms with Gasteiger partial charge < -0.3 is 15.5 Å². The Labute approximate surface area is 198 Å². The molecule has 33 heavy (non-hydrogen) atoms. The number of thiophene rings is 1. The summed E-state index contributed by atoms with van der Waals surface area (Å²) in [4.78, 5) is 36.5. The number of hydrogen-bond acceptors (Lipinski definition) is 7. The monoisotopic (exact) mass is 484 g/mol. The number of nitrogens with two attached hydrogens (primary N) is 1. The second-order valence-corrected chi connectivity index (χ2v) is 9.28. The molecule has 9 nitrogen and oxygen atoms in total. The first-order valence-corrected chi connectivity index (χ1v) is 11.4. The maximum atomic E-state index is 12.6. The van der Waals surface area contributed by atoms with Gasteiger partial charge in [-0.1, -0.05) is 19.1 Å². The van der Waals surface area contributed by atoms with E-state index in [2.05, 4.69) is 17.6 Å². The Kier molecular flexibility index (Phi) is 6.25. The molecule has 0 fully saturated rings. The molecule has 4 N–H and O–H groups in total. The molecule has 0 unspecified atom stereocenters. The molecule has 0 bridgehead atoms. The number of benzene rings is 1. The number of furan rings is 1. The topological polar surface area (TPSA) is 140 Å². The highest BCUT2D eigenvalue weighted by Crippen LogP contribution is 2.39. The number of hydrogen-bond donors (Lipinski definition) is 3. The Bertz CT molecular complexity index is 1280. The summed E-state index contributed by atoms with van der Waals surface area (Å²) in [6, 6.07) is 8.97.